The van der Waals surface area contributed by atoms with Crippen molar-refractivity contribution in [2.45, 2.75) is 12.5 Å². The smallest absolute Gasteiger partial charge is 0.271 e. The minimum Gasteiger partial charge on any atom is -0.381 e. The molecular formula is C7H7N3O4. The van der Waals surface area contributed by atoms with Crippen molar-refractivity contribution < 1.29 is 19.2 Å². The van der Waals surface area contributed by atoms with E-state index in [1.807, 2.05) is 0 Å². The Bertz CT molecular complexity index is 362. The molecule has 2 aliphatic rings. The van der Waals surface area contributed by atoms with Crippen LogP contribution in [0.15, 0.2) is 5.16 Å². The molecule has 2 heterocycles. The number of imide groups is 1. The average molecular weight is 197 g/mol. The van der Waals surface area contributed by atoms with Gasteiger partial charge in [-0.2, -0.15) is 0 Å². The average Bonchev–Trinajstić information content (AvgIpc) is 2.56. The predicted octanol–water partition coefficient (Wildman–Crippen LogP) is -2.11. The molecule has 1 saturated heterocycles. The largest absolute Gasteiger partial charge is 0.381 e. The topological polar surface area (TPSA) is 111 Å². The number of hydrogen-bond donors (Lipinski definition) is 2. The van der Waals surface area contributed by atoms with E-state index in [-0.39, 0.29) is 12.1 Å². The van der Waals surface area contributed by atoms with Crippen LogP contribution in [0.4, 0.5) is 0 Å². The molecule has 0 aliphatic carbocycles. The van der Waals surface area contributed by atoms with Crippen LogP contribution in [0.2, 0.25) is 0 Å². The number of rotatable bonds is 2. The second-order valence-electron chi connectivity index (χ2n) is 3.08. The van der Waals surface area contributed by atoms with Crippen LogP contribution >= 0.6 is 0 Å². The highest BCUT2D eigenvalue weighted by Gasteiger charge is 2.50. The van der Waals surface area contributed by atoms with Gasteiger partial charge in [-0.1, -0.05) is 5.16 Å². The summed E-state index contributed by atoms with van der Waals surface area (Å²) in [6.45, 7) is 0. The fourth-order valence-electron chi connectivity index (χ4n) is 1.50. The number of nitrogens with zero attached hydrogens (tertiary/aromatic N) is 1. The van der Waals surface area contributed by atoms with Crippen LogP contribution in [0.5, 0.6) is 0 Å². The Balaban J connectivity index is 2.20. The molecule has 2 atom stereocenters. The van der Waals surface area contributed by atoms with Crippen LogP contribution in [-0.2, 0) is 19.2 Å². The number of hydrogen-bond acceptors (Lipinski definition) is 5. The summed E-state index contributed by atoms with van der Waals surface area (Å²) in [6.07, 6.45) is -1.08. The third-order valence-corrected chi connectivity index (χ3v) is 2.09. The van der Waals surface area contributed by atoms with Crippen molar-refractivity contribution >= 4 is 23.4 Å². The standard InChI is InChI=1S/C7H7N3O4/c8-3(11)1-2-4-5(14-10-2)7(13)9-6(4)12/h4-5H,1H2,(H2,8,11)(H,9,12,13). The van der Waals surface area contributed by atoms with Crippen molar-refractivity contribution in [3.63, 3.8) is 0 Å². The number of nitrogens with two attached hydrogens (primary N) is 1. The molecule has 14 heavy (non-hydrogen) atoms. The highest BCUT2D eigenvalue weighted by atomic mass is 16.6. The zero-order valence-electron chi connectivity index (χ0n) is 7.02. The van der Waals surface area contributed by atoms with E-state index in [0.29, 0.717) is 0 Å². The van der Waals surface area contributed by atoms with Crippen molar-refractivity contribution in [2.75, 3.05) is 0 Å². The Hall–Kier alpha value is -1.92. The van der Waals surface area contributed by atoms with Crippen molar-refractivity contribution in [2.24, 2.45) is 16.8 Å². The molecule has 3 amide bonds. The predicted molar refractivity (Wildman–Crippen MR) is 42.8 cm³/mol. The Morgan fingerprint density at radius 3 is 2.86 bits per heavy atom. The van der Waals surface area contributed by atoms with Crippen LogP contribution in [0.1, 0.15) is 6.42 Å². The quantitative estimate of drug-likeness (QED) is 0.493. The monoisotopic (exact) mass is 197 g/mol. The summed E-state index contributed by atoms with van der Waals surface area (Å²) in [5.74, 6) is -2.41. The van der Waals surface area contributed by atoms with E-state index in [0.717, 1.165) is 0 Å². The summed E-state index contributed by atoms with van der Waals surface area (Å²) >= 11 is 0. The van der Waals surface area contributed by atoms with Gasteiger partial charge in [0, 0.05) is 0 Å². The van der Waals surface area contributed by atoms with Gasteiger partial charge in [0.15, 0.2) is 0 Å². The maximum Gasteiger partial charge on any atom is 0.271 e. The first kappa shape index (κ1) is 8.67. The second-order valence-corrected chi connectivity index (χ2v) is 3.08. The minimum absolute atomic E-state index is 0.165. The van der Waals surface area contributed by atoms with E-state index >= 15 is 0 Å². The fourth-order valence-corrected chi connectivity index (χ4v) is 1.50. The SMILES string of the molecule is NC(=O)CC1=NOC2C(=O)NC(=O)C12. The van der Waals surface area contributed by atoms with Crippen LogP contribution in [-0.4, -0.2) is 29.5 Å². The Morgan fingerprint density at radius 1 is 1.50 bits per heavy atom. The third kappa shape index (κ3) is 1.13. The summed E-state index contributed by atoms with van der Waals surface area (Å²) < 4.78 is 0. The van der Waals surface area contributed by atoms with E-state index in [1.54, 1.807) is 0 Å². The highest BCUT2D eigenvalue weighted by Crippen LogP contribution is 2.25. The molecule has 0 bridgehead atoms. The van der Waals surface area contributed by atoms with Gasteiger partial charge in [-0.3, -0.25) is 19.7 Å². The number of primary amides is 1. The first-order valence-corrected chi connectivity index (χ1v) is 3.95. The Morgan fingerprint density at radius 2 is 2.21 bits per heavy atom. The zero-order chi connectivity index (χ0) is 10.3. The van der Waals surface area contributed by atoms with Gasteiger partial charge < -0.3 is 10.6 Å². The lowest BCUT2D eigenvalue weighted by Gasteiger charge is -2.01. The molecule has 7 nitrogen and oxygen atoms in total. The molecule has 1 fully saturated rings. The molecule has 2 rings (SSSR count). The maximum atomic E-state index is 11.2. The Labute approximate surface area is 78.3 Å². The molecule has 0 spiro atoms. The highest BCUT2D eigenvalue weighted by molar-refractivity contribution is 6.21. The molecule has 0 aromatic rings. The lowest BCUT2D eigenvalue weighted by atomic mass is 9.97. The van der Waals surface area contributed by atoms with Gasteiger partial charge in [-0.25, -0.2) is 0 Å². The number of amides is 3. The summed E-state index contributed by atoms with van der Waals surface area (Å²) in [4.78, 5) is 37.6. The second kappa shape index (κ2) is 2.79. The van der Waals surface area contributed by atoms with Crippen LogP contribution in [0.25, 0.3) is 0 Å². The molecule has 0 saturated carbocycles. The molecule has 0 radical (unpaired) electrons. The zero-order valence-corrected chi connectivity index (χ0v) is 7.02. The summed E-state index contributed by atoms with van der Waals surface area (Å²) in [7, 11) is 0. The number of carbonyl (C=O) groups is 3. The number of carbonyl (C=O) groups excluding carboxylic acids is 3. The van der Waals surface area contributed by atoms with E-state index < -0.39 is 29.7 Å². The minimum atomic E-state index is -0.920. The van der Waals surface area contributed by atoms with Gasteiger partial charge >= 0.3 is 0 Å². The first-order valence-electron chi connectivity index (χ1n) is 3.95. The van der Waals surface area contributed by atoms with E-state index in [1.165, 1.54) is 0 Å². The van der Waals surface area contributed by atoms with Gasteiger partial charge in [-0.05, 0) is 0 Å². The van der Waals surface area contributed by atoms with Gasteiger partial charge in [0.1, 0.15) is 5.92 Å². The summed E-state index contributed by atoms with van der Waals surface area (Å²) in [5.41, 5.74) is 5.16. The first-order chi connectivity index (χ1) is 6.59. The summed E-state index contributed by atoms with van der Waals surface area (Å²) in [5, 5.41) is 5.58. The van der Waals surface area contributed by atoms with Crippen molar-refractivity contribution in [1.82, 2.24) is 5.32 Å². The lowest BCUT2D eigenvalue weighted by Crippen LogP contribution is -2.29. The molecule has 0 aromatic carbocycles. The fraction of sp³-hybridized carbons (Fsp3) is 0.429. The molecule has 3 N–H and O–H groups in total. The number of oxime groups is 1. The maximum absolute atomic E-state index is 11.2. The molecular weight excluding hydrogens is 190 g/mol. The normalized spacial score (nSPS) is 29.3. The van der Waals surface area contributed by atoms with Crippen LogP contribution in [0, 0.1) is 5.92 Å². The van der Waals surface area contributed by atoms with E-state index in [2.05, 4.69) is 10.5 Å². The third-order valence-electron chi connectivity index (χ3n) is 2.09. The lowest BCUT2D eigenvalue weighted by molar-refractivity contribution is -0.129. The van der Waals surface area contributed by atoms with Crippen LogP contribution < -0.4 is 11.1 Å². The van der Waals surface area contributed by atoms with Crippen molar-refractivity contribution in [3.05, 3.63) is 0 Å². The van der Waals surface area contributed by atoms with Gasteiger partial charge in [-0.15, -0.1) is 0 Å². The molecule has 2 unspecified atom stereocenters. The number of fused-ring (bicyclic) bond motifs is 1. The van der Waals surface area contributed by atoms with Crippen molar-refractivity contribution in [3.8, 4) is 0 Å². The summed E-state index contributed by atoms with van der Waals surface area (Å²) in [6, 6.07) is 0. The molecule has 74 valence electrons. The van der Waals surface area contributed by atoms with E-state index in [4.69, 9.17) is 10.6 Å². The molecule has 2 aliphatic heterocycles. The van der Waals surface area contributed by atoms with Gasteiger partial charge in [0.25, 0.3) is 5.91 Å². The van der Waals surface area contributed by atoms with Gasteiger partial charge in [0.05, 0.1) is 12.1 Å². The van der Waals surface area contributed by atoms with Crippen LogP contribution in [0.3, 0.4) is 0 Å². The Kier molecular flexibility index (Phi) is 1.73. The van der Waals surface area contributed by atoms with Crippen molar-refractivity contribution in [1.29, 1.82) is 0 Å². The molecule has 7 heteroatoms. The van der Waals surface area contributed by atoms with Gasteiger partial charge in [0.2, 0.25) is 17.9 Å². The molecule has 0 aromatic heterocycles. The number of nitrogens with one attached hydrogen (secondary N) is 1. The van der Waals surface area contributed by atoms with E-state index in [9.17, 15) is 14.4 Å².